The lowest BCUT2D eigenvalue weighted by Crippen LogP contribution is -2.36. The molecule has 4 N–H and O–H groups in total. The lowest BCUT2D eigenvalue weighted by atomic mass is 10.0. The monoisotopic (exact) mass is 290 g/mol. The van der Waals surface area contributed by atoms with E-state index in [0.29, 0.717) is 31.1 Å². The molecule has 1 heterocycles. The van der Waals surface area contributed by atoms with E-state index >= 15 is 0 Å². The van der Waals surface area contributed by atoms with Crippen LogP contribution in [0.5, 0.6) is 0 Å². The average Bonchev–Trinajstić information content (AvgIpc) is 2.85. The molecule has 21 heavy (non-hydrogen) atoms. The molecule has 1 saturated heterocycles. The van der Waals surface area contributed by atoms with E-state index in [4.69, 9.17) is 5.73 Å². The first-order chi connectivity index (χ1) is 9.97. The van der Waals surface area contributed by atoms with Crippen LogP contribution in [-0.4, -0.2) is 31.1 Å². The predicted octanol–water partition coefficient (Wildman–Crippen LogP) is 1.53. The molecule has 114 valence electrons. The van der Waals surface area contributed by atoms with Gasteiger partial charge >= 0.3 is 6.03 Å². The van der Waals surface area contributed by atoms with Gasteiger partial charge in [-0.3, -0.25) is 9.69 Å². The number of carbonyl (C=O) groups excluding carboxylic acids is 2. The lowest BCUT2D eigenvalue weighted by Gasteiger charge is -2.16. The summed E-state index contributed by atoms with van der Waals surface area (Å²) in [5.41, 5.74) is 7.34. The van der Waals surface area contributed by atoms with Crippen LogP contribution in [0.25, 0.3) is 0 Å². The molecule has 0 bridgehead atoms. The summed E-state index contributed by atoms with van der Waals surface area (Å²) in [6.45, 7) is 5.37. The minimum absolute atomic E-state index is 0.0919. The van der Waals surface area contributed by atoms with E-state index in [-0.39, 0.29) is 11.9 Å². The van der Waals surface area contributed by atoms with Gasteiger partial charge in [-0.15, -0.1) is 0 Å². The Kier molecular flexibility index (Phi) is 4.80. The third-order valence-corrected chi connectivity index (χ3v) is 3.37. The number of hydrogen-bond acceptors (Lipinski definition) is 3. The quantitative estimate of drug-likeness (QED) is 0.768. The molecule has 1 aromatic rings. The highest BCUT2D eigenvalue weighted by molar-refractivity contribution is 5.96. The fourth-order valence-corrected chi connectivity index (χ4v) is 2.29. The van der Waals surface area contributed by atoms with Crippen LogP contribution in [0, 0.1) is 5.92 Å². The topological polar surface area (TPSA) is 87.5 Å². The van der Waals surface area contributed by atoms with E-state index in [1.807, 2.05) is 26.0 Å². The SMILES string of the molecule is CC(C)CC(N)C(=O)Nc1ccc(N2CCNC2=O)cc1. The fourth-order valence-electron chi connectivity index (χ4n) is 2.29. The summed E-state index contributed by atoms with van der Waals surface area (Å²) in [5, 5.41) is 5.54. The Morgan fingerprint density at radius 1 is 1.38 bits per heavy atom. The van der Waals surface area contributed by atoms with E-state index in [1.165, 1.54) is 0 Å². The highest BCUT2D eigenvalue weighted by Gasteiger charge is 2.21. The Balaban J connectivity index is 1.96. The van der Waals surface area contributed by atoms with Crippen molar-refractivity contribution in [3.8, 4) is 0 Å². The van der Waals surface area contributed by atoms with Crippen molar-refractivity contribution < 1.29 is 9.59 Å². The van der Waals surface area contributed by atoms with Gasteiger partial charge < -0.3 is 16.4 Å². The Labute approximate surface area is 124 Å². The van der Waals surface area contributed by atoms with Crippen LogP contribution in [0.3, 0.4) is 0 Å². The van der Waals surface area contributed by atoms with Gasteiger partial charge in [-0.1, -0.05) is 13.8 Å². The molecule has 1 aliphatic heterocycles. The number of hydrogen-bond donors (Lipinski definition) is 3. The minimum atomic E-state index is -0.506. The van der Waals surface area contributed by atoms with Crippen LogP contribution >= 0.6 is 0 Å². The first-order valence-electron chi connectivity index (χ1n) is 7.19. The van der Waals surface area contributed by atoms with E-state index in [1.54, 1.807) is 17.0 Å². The third-order valence-electron chi connectivity index (χ3n) is 3.37. The molecule has 1 unspecified atom stereocenters. The van der Waals surface area contributed by atoms with Crippen LogP contribution in [0.4, 0.5) is 16.2 Å². The van der Waals surface area contributed by atoms with Crippen molar-refractivity contribution in [3.63, 3.8) is 0 Å². The van der Waals surface area contributed by atoms with Crippen LogP contribution in [-0.2, 0) is 4.79 Å². The molecule has 0 spiro atoms. The second-order valence-electron chi connectivity index (χ2n) is 5.66. The van der Waals surface area contributed by atoms with E-state index in [0.717, 1.165) is 5.69 Å². The highest BCUT2D eigenvalue weighted by atomic mass is 16.2. The number of amides is 3. The Morgan fingerprint density at radius 3 is 2.57 bits per heavy atom. The number of rotatable bonds is 5. The zero-order valence-electron chi connectivity index (χ0n) is 12.4. The molecule has 6 nitrogen and oxygen atoms in total. The van der Waals surface area contributed by atoms with Gasteiger partial charge in [0.05, 0.1) is 6.04 Å². The Bertz CT molecular complexity index is 513. The van der Waals surface area contributed by atoms with Crippen molar-refractivity contribution in [2.24, 2.45) is 11.7 Å². The van der Waals surface area contributed by atoms with E-state index < -0.39 is 6.04 Å². The molecular weight excluding hydrogens is 268 g/mol. The molecular formula is C15H22N4O2. The molecule has 0 saturated carbocycles. The number of urea groups is 1. The van der Waals surface area contributed by atoms with Gasteiger partial charge in [0.2, 0.25) is 5.91 Å². The summed E-state index contributed by atoms with van der Waals surface area (Å²) in [7, 11) is 0. The summed E-state index contributed by atoms with van der Waals surface area (Å²) in [4.78, 5) is 25.2. The molecule has 6 heteroatoms. The summed E-state index contributed by atoms with van der Waals surface area (Å²) in [6, 6.07) is 6.59. The molecule has 3 amide bonds. The van der Waals surface area contributed by atoms with Crippen molar-refractivity contribution >= 4 is 23.3 Å². The minimum Gasteiger partial charge on any atom is -0.336 e. The summed E-state index contributed by atoms with van der Waals surface area (Å²) in [6.07, 6.45) is 0.651. The van der Waals surface area contributed by atoms with Gasteiger partial charge in [0.25, 0.3) is 0 Å². The Morgan fingerprint density at radius 2 is 2.05 bits per heavy atom. The summed E-state index contributed by atoms with van der Waals surface area (Å²) < 4.78 is 0. The molecule has 1 fully saturated rings. The number of nitrogens with one attached hydrogen (secondary N) is 2. The van der Waals surface area contributed by atoms with Gasteiger partial charge in [-0.2, -0.15) is 0 Å². The molecule has 2 rings (SSSR count). The van der Waals surface area contributed by atoms with Crippen LogP contribution in [0.1, 0.15) is 20.3 Å². The lowest BCUT2D eigenvalue weighted by molar-refractivity contribution is -0.117. The van der Waals surface area contributed by atoms with Gasteiger partial charge in [0.1, 0.15) is 0 Å². The van der Waals surface area contributed by atoms with E-state index in [9.17, 15) is 9.59 Å². The van der Waals surface area contributed by atoms with Crippen molar-refractivity contribution in [2.45, 2.75) is 26.3 Å². The van der Waals surface area contributed by atoms with E-state index in [2.05, 4.69) is 10.6 Å². The zero-order valence-corrected chi connectivity index (χ0v) is 12.4. The fraction of sp³-hybridized carbons (Fsp3) is 0.467. The van der Waals surface area contributed by atoms with Gasteiger partial charge in [-0.05, 0) is 36.6 Å². The largest absolute Gasteiger partial charge is 0.336 e. The number of carbonyl (C=O) groups is 2. The first kappa shape index (κ1) is 15.3. The van der Waals surface area contributed by atoms with Crippen LogP contribution in [0.2, 0.25) is 0 Å². The molecule has 0 radical (unpaired) electrons. The second kappa shape index (κ2) is 6.58. The predicted molar refractivity (Wildman–Crippen MR) is 83.2 cm³/mol. The maximum atomic E-state index is 11.9. The maximum absolute atomic E-state index is 11.9. The smallest absolute Gasteiger partial charge is 0.321 e. The van der Waals surface area contributed by atoms with Crippen molar-refractivity contribution in [2.75, 3.05) is 23.3 Å². The van der Waals surface area contributed by atoms with Gasteiger partial charge in [-0.25, -0.2) is 4.79 Å². The summed E-state index contributed by atoms with van der Waals surface area (Å²) in [5.74, 6) is 0.192. The molecule has 1 aliphatic rings. The normalized spacial score (nSPS) is 16.0. The summed E-state index contributed by atoms with van der Waals surface area (Å²) >= 11 is 0. The number of anilines is 2. The van der Waals surface area contributed by atoms with Gasteiger partial charge in [0, 0.05) is 24.5 Å². The standard InChI is InChI=1S/C15H22N4O2/c1-10(2)9-13(16)14(20)18-11-3-5-12(6-4-11)19-8-7-17-15(19)21/h3-6,10,13H,7-9,16H2,1-2H3,(H,17,21)(H,18,20). The van der Waals surface area contributed by atoms with Crippen molar-refractivity contribution in [1.82, 2.24) is 5.32 Å². The number of nitrogens with zero attached hydrogens (tertiary/aromatic N) is 1. The molecule has 0 aliphatic carbocycles. The van der Waals surface area contributed by atoms with Crippen molar-refractivity contribution in [3.05, 3.63) is 24.3 Å². The average molecular weight is 290 g/mol. The number of benzene rings is 1. The highest BCUT2D eigenvalue weighted by Crippen LogP contribution is 2.19. The number of nitrogens with two attached hydrogens (primary N) is 1. The zero-order chi connectivity index (χ0) is 15.4. The molecule has 1 atom stereocenters. The van der Waals surface area contributed by atoms with Crippen LogP contribution < -0.4 is 21.3 Å². The van der Waals surface area contributed by atoms with Crippen molar-refractivity contribution in [1.29, 1.82) is 0 Å². The van der Waals surface area contributed by atoms with Gasteiger partial charge in [0.15, 0.2) is 0 Å². The second-order valence-corrected chi connectivity index (χ2v) is 5.66. The maximum Gasteiger partial charge on any atom is 0.321 e. The Hall–Kier alpha value is -2.08. The molecule has 0 aromatic heterocycles. The third kappa shape index (κ3) is 3.95. The van der Waals surface area contributed by atoms with Crippen LogP contribution in [0.15, 0.2) is 24.3 Å². The molecule has 1 aromatic carbocycles. The first-order valence-corrected chi connectivity index (χ1v) is 7.19.